The molecule has 4 heteroatoms. The first-order valence-corrected chi connectivity index (χ1v) is 11.9. The van der Waals surface area contributed by atoms with Crippen LogP contribution in [0.25, 0.3) is 27.8 Å². The zero-order valence-electron chi connectivity index (χ0n) is 14.6. The summed E-state index contributed by atoms with van der Waals surface area (Å²) in [4.78, 5) is 8.97. The van der Waals surface area contributed by atoms with Gasteiger partial charge in [-0.1, -0.05) is 55.9 Å². The van der Waals surface area contributed by atoms with Gasteiger partial charge >= 0.3 is 0 Å². The van der Waals surface area contributed by atoms with Gasteiger partial charge in [-0.25, -0.2) is 9.97 Å². The number of hydrogen-bond acceptors (Lipinski definition) is 2. The third-order valence-electron chi connectivity index (χ3n) is 4.02. The van der Waals surface area contributed by atoms with Crippen molar-refractivity contribution in [2.24, 2.45) is 0 Å². The van der Waals surface area contributed by atoms with Gasteiger partial charge in [-0.2, -0.15) is 0 Å². The van der Waals surface area contributed by atoms with Crippen LogP contribution in [0.3, 0.4) is 0 Å². The minimum absolute atomic E-state index is 0.677. The van der Waals surface area contributed by atoms with Crippen molar-refractivity contribution in [3.8, 4) is 17.4 Å². The molecule has 122 valence electrons. The molecule has 0 unspecified atom stereocenters. The van der Waals surface area contributed by atoms with Crippen molar-refractivity contribution in [2.45, 2.75) is 19.6 Å². The lowest BCUT2D eigenvalue weighted by Gasteiger charge is -2.07. The number of nitrogens with zero attached hydrogens (tertiary/aromatic N) is 3. The third-order valence-corrected chi connectivity index (χ3v) is 4.89. The van der Waals surface area contributed by atoms with E-state index in [1.54, 1.807) is 12.4 Å². The maximum Gasteiger partial charge on any atom is 0.234 e. The van der Waals surface area contributed by atoms with E-state index in [2.05, 4.69) is 82.0 Å². The zero-order valence-corrected chi connectivity index (χ0v) is 15.6. The lowest BCUT2D eigenvalue weighted by Crippen LogP contribution is -2.16. The molecule has 0 radical (unpaired) electrons. The molecule has 2 aromatic heterocycles. The van der Waals surface area contributed by atoms with Crippen molar-refractivity contribution in [1.82, 2.24) is 14.5 Å². The summed E-state index contributed by atoms with van der Waals surface area (Å²) in [5.74, 6) is 4.11. The molecular formula is C21H19N3Si. The second kappa shape index (κ2) is 5.87. The van der Waals surface area contributed by atoms with Crippen LogP contribution in [0.15, 0.2) is 60.9 Å². The van der Waals surface area contributed by atoms with E-state index in [-0.39, 0.29) is 0 Å². The lowest BCUT2D eigenvalue weighted by atomic mass is 10.1. The van der Waals surface area contributed by atoms with Gasteiger partial charge in [-0.05, 0) is 18.2 Å². The molecule has 0 saturated carbocycles. The van der Waals surface area contributed by atoms with E-state index >= 15 is 0 Å². The van der Waals surface area contributed by atoms with Crippen molar-refractivity contribution >= 4 is 29.9 Å². The van der Waals surface area contributed by atoms with Crippen molar-refractivity contribution in [2.75, 3.05) is 0 Å². The molecule has 0 aliphatic heterocycles. The summed E-state index contributed by atoms with van der Waals surface area (Å²) in [6.07, 6.45) is 3.55. The van der Waals surface area contributed by atoms with Gasteiger partial charge < -0.3 is 0 Å². The minimum Gasteiger partial charge on any atom is -0.277 e. The Morgan fingerprint density at radius 2 is 1.56 bits per heavy atom. The van der Waals surface area contributed by atoms with Gasteiger partial charge in [0.25, 0.3) is 0 Å². The Balaban J connectivity index is 2.15. The summed E-state index contributed by atoms with van der Waals surface area (Å²) in [6.45, 7) is 6.78. The molecule has 0 aliphatic carbocycles. The highest BCUT2D eigenvalue weighted by atomic mass is 28.3. The number of fused-ring (bicyclic) bond motifs is 3. The highest BCUT2D eigenvalue weighted by Gasteiger charge is 2.16. The molecule has 0 spiro atoms. The SMILES string of the molecule is C[Si](C)(C)C#Cc1cccc2c3ccccc3n(-c3ncccn3)c12. The average molecular weight is 341 g/mol. The lowest BCUT2D eigenvalue weighted by molar-refractivity contribution is 0.987. The standard InChI is InChI=1S/C21H19N3Si/c1-25(2,3)15-12-16-8-6-10-18-17-9-4-5-11-19(17)24(20(16)18)21-22-13-7-14-23-21/h4-11,13-14H,1-3H3. The van der Waals surface area contributed by atoms with Crippen LogP contribution in [-0.2, 0) is 0 Å². The fraction of sp³-hybridized carbons (Fsp3) is 0.143. The van der Waals surface area contributed by atoms with Crippen LogP contribution in [0.4, 0.5) is 0 Å². The van der Waals surface area contributed by atoms with E-state index in [9.17, 15) is 0 Å². The van der Waals surface area contributed by atoms with Crippen LogP contribution >= 0.6 is 0 Å². The Bertz CT molecular complexity index is 1130. The molecule has 0 amide bonds. The van der Waals surface area contributed by atoms with E-state index in [1.165, 1.54) is 10.8 Å². The molecule has 2 heterocycles. The van der Waals surface area contributed by atoms with Crippen LogP contribution < -0.4 is 0 Å². The number of benzene rings is 2. The fourth-order valence-corrected chi connectivity index (χ4v) is 3.50. The molecule has 0 bridgehead atoms. The van der Waals surface area contributed by atoms with Crippen LogP contribution in [0, 0.1) is 11.5 Å². The van der Waals surface area contributed by atoms with Gasteiger partial charge in [0.1, 0.15) is 8.07 Å². The first-order valence-electron chi connectivity index (χ1n) is 8.37. The Kier molecular flexibility index (Phi) is 3.67. The summed E-state index contributed by atoms with van der Waals surface area (Å²) in [5.41, 5.74) is 6.71. The van der Waals surface area contributed by atoms with Crippen molar-refractivity contribution in [3.05, 3.63) is 66.5 Å². The summed E-state index contributed by atoms with van der Waals surface area (Å²) < 4.78 is 2.12. The summed E-state index contributed by atoms with van der Waals surface area (Å²) in [5, 5.41) is 2.38. The van der Waals surface area contributed by atoms with Gasteiger partial charge in [-0.3, -0.25) is 4.57 Å². The van der Waals surface area contributed by atoms with E-state index in [4.69, 9.17) is 0 Å². The maximum atomic E-state index is 4.48. The molecule has 0 fully saturated rings. The van der Waals surface area contributed by atoms with Crippen LogP contribution in [0.5, 0.6) is 0 Å². The number of hydrogen-bond donors (Lipinski definition) is 0. The van der Waals surface area contributed by atoms with Crippen LogP contribution in [0.1, 0.15) is 5.56 Å². The van der Waals surface area contributed by atoms with Gasteiger partial charge in [0.05, 0.1) is 11.0 Å². The minimum atomic E-state index is -1.46. The predicted octanol–water partition coefficient (Wildman–Crippen LogP) is 4.80. The second-order valence-corrected chi connectivity index (χ2v) is 11.9. The van der Waals surface area contributed by atoms with Gasteiger partial charge in [0.15, 0.2) is 0 Å². The quantitative estimate of drug-likeness (QED) is 0.368. The summed E-state index contributed by atoms with van der Waals surface area (Å²) >= 11 is 0. The Hall–Kier alpha value is -2.90. The molecule has 0 aliphatic rings. The normalized spacial score (nSPS) is 11.5. The summed E-state index contributed by atoms with van der Waals surface area (Å²) in [6, 6.07) is 16.5. The van der Waals surface area contributed by atoms with E-state index in [0.717, 1.165) is 16.6 Å². The monoisotopic (exact) mass is 341 g/mol. The largest absolute Gasteiger partial charge is 0.277 e. The van der Waals surface area contributed by atoms with Gasteiger partial charge in [-0.15, -0.1) is 5.54 Å². The number of aromatic nitrogens is 3. The first kappa shape index (κ1) is 15.6. The topological polar surface area (TPSA) is 30.7 Å². The van der Waals surface area contributed by atoms with Crippen molar-refractivity contribution in [3.63, 3.8) is 0 Å². The van der Waals surface area contributed by atoms with Crippen molar-refractivity contribution < 1.29 is 0 Å². The van der Waals surface area contributed by atoms with Gasteiger partial charge in [0, 0.05) is 28.7 Å². The zero-order chi connectivity index (χ0) is 17.4. The van der Waals surface area contributed by atoms with E-state index in [1.807, 2.05) is 12.1 Å². The highest BCUT2D eigenvalue weighted by Crippen LogP contribution is 2.32. The molecule has 4 aromatic rings. The molecule has 0 saturated heterocycles. The maximum absolute atomic E-state index is 4.48. The first-order chi connectivity index (χ1) is 12.0. The third kappa shape index (κ3) is 2.83. The predicted molar refractivity (Wildman–Crippen MR) is 107 cm³/mol. The molecular weight excluding hydrogens is 322 g/mol. The molecule has 4 rings (SSSR count). The van der Waals surface area contributed by atoms with E-state index < -0.39 is 8.07 Å². The Morgan fingerprint density at radius 3 is 2.32 bits per heavy atom. The Labute approximate surface area is 148 Å². The molecule has 0 N–H and O–H groups in total. The number of para-hydroxylation sites is 2. The molecule has 3 nitrogen and oxygen atoms in total. The van der Waals surface area contributed by atoms with Gasteiger partial charge in [0.2, 0.25) is 5.95 Å². The van der Waals surface area contributed by atoms with E-state index in [0.29, 0.717) is 5.95 Å². The molecule has 2 aromatic carbocycles. The number of rotatable bonds is 1. The highest BCUT2D eigenvalue weighted by molar-refractivity contribution is 6.83. The Morgan fingerprint density at radius 1 is 0.840 bits per heavy atom. The average Bonchev–Trinajstić information content (AvgIpc) is 2.95. The second-order valence-electron chi connectivity index (χ2n) is 7.10. The molecule has 0 atom stereocenters. The summed E-state index contributed by atoms with van der Waals surface area (Å²) in [7, 11) is -1.46. The fourth-order valence-electron chi connectivity index (χ4n) is 2.99. The molecule has 25 heavy (non-hydrogen) atoms. The van der Waals surface area contributed by atoms with Crippen LogP contribution in [0.2, 0.25) is 19.6 Å². The van der Waals surface area contributed by atoms with Crippen molar-refractivity contribution in [1.29, 1.82) is 0 Å². The smallest absolute Gasteiger partial charge is 0.234 e. The van der Waals surface area contributed by atoms with Crippen LogP contribution in [-0.4, -0.2) is 22.6 Å².